The summed E-state index contributed by atoms with van der Waals surface area (Å²) in [5, 5.41) is -0.276. The normalized spacial score (nSPS) is 21.9. The molecule has 0 unspecified atom stereocenters. The lowest BCUT2D eigenvalue weighted by molar-refractivity contribution is 0.355. The zero-order chi connectivity index (χ0) is 11.5. The highest BCUT2D eigenvalue weighted by molar-refractivity contribution is 7.93. The molecule has 0 amide bonds. The van der Waals surface area contributed by atoms with E-state index in [0.717, 1.165) is 25.7 Å². The van der Waals surface area contributed by atoms with Gasteiger partial charge in [-0.05, 0) is 39.7 Å². The summed E-state index contributed by atoms with van der Waals surface area (Å²) in [5.41, 5.74) is 5.58. The van der Waals surface area contributed by atoms with Crippen molar-refractivity contribution in [3.8, 4) is 0 Å². The van der Waals surface area contributed by atoms with Gasteiger partial charge in [0.15, 0.2) is 9.84 Å². The van der Waals surface area contributed by atoms with Gasteiger partial charge in [0.1, 0.15) is 0 Å². The van der Waals surface area contributed by atoms with Crippen LogP contribution in [0.5, 0.6) is 0 Å². The third-order valence-electron chi connectivity index (χ3n) is 3.59. The summed E-state index contributed by atoms with van der Waals surface area (Å²) in [6, 6.07) is 0. The summed E-state index contributed by atoms with van der Waals surface area (Å²) in [4.78, 5) is 0. The van der Waals surface area contributed by atoms with Crippen molar-refractivity contribution in [1.82, 2.24) is 0 Å². The van der Waals surface area contributed by atoms with Crippen LogP contribution in [-0.2, 0) is 9.84 Å². The fourth-order valence-corrected chi connectivity index (χ4v) is 4.90. The Hall–Kier alpha value is -0.0900. The Morgan fingerprint density at radius 2 is 1.73 bits per heavy atom. The van der Waals surface area contributed by atoms with Gasteiger partial charge in [-0.1, -0.05) is 19.3 Å². The van der Waals surface area contributed by atoms with E-state index in [9.17, 15) is 8.42 Å². The Balaban J connectivity index is 2.99. The molecule has 1 saturated carbocycles. The minimum Gasteiger partial charge on any atom is -0.330 e. The summed E-state index contributed by atoms with van der Waals surface area (Å²) in [6.45, 7) is 4.04. The lowest BCUT2D eigenvalue weighted by atomic mass is 9.86. The Kier molecular flexibility index (Phi) is 4.18. The molecule has 1 aliphatic carbocycles. The number of rotatable bonds is 4. The Morgan fingerprint density at radius 1 is 1.20 bits per heavy atom. The van der Waals surface area contributed by atoms with Crippen LogP contribution in [0.1, 0.15) is 52.4 Å². The van der Waals surface area contributed by atoms with E-state index < -0.39 is 14.6 Å². The van der Waals surface area contributed by atoms with Gasteiger partial charge in [0, 0.05) is 0 Å². The maximum absolute atomic E-state index is 12.3. The molecular formula is C11H23NO2S. The SMILES string of the molecule is CC(C)S(=O)(=O)C1(CCN)CCCCC1. The van der Waals surface area contributed by atoms with Crippen LogP contribution in [0.25, 0.3) is 0 Å². The summed E-state index contributed by atoms with van der Waals surface area (Å²) in [7, 11) is -3.00. The highest BCUT2D eigenvalue weighted by Gasteiger charge is 2.44. The van der Waals surface area contributed by atoms with Gasteiger partial charge in [0.05, 0.1) is 10.00 Å². The maximum Gasteiger partial charge on any atom is 0.158 e. The Morgan fingerprint density at radius 3 is 2.13 bits per heavy atom. The van der Waals surface area contributed by atoms with E-state index in [0.29, 0.717) is 13.0 Å². The van der Waals surface area contributed by atoms with Crippen molar-refractivity contribution in [2.75, 3.05) is 6.54 Å². The number of nitrogens with two attached hydrogens (primary N) is 1. The van der Waals surface area contributed by atoms with Crippen LogP contribution in [0.3, 0.4) is 0 Å². The van der Waals surface area contributed by atoms with Crippen LogP contribution in [0.15, 0.2) is 0 Å². The molecule has 90 valence electrons. The topological polar surface area (TPSA) is 60.2 Å². The molecule has 1 rings (SSSR count). The van der Waals surface area contributed by atoms with Crippen LogP contribution in [-0.4, -0.2) is 25.0 Å². The molecular weight excluding hydrogens is 210 g/mol. The van der Waals surface area contributed by atoms with E-state index in [1.54, 1.807) is 13.8 Å². The van der Waals surface area contributed by atoms with Crippen molar-refractivity contribution in [3.63, 3.8) is 0 Å². The van der Waals surface area contributed by atoms with Gasteiger partial charge in [-0.15, -0.1) is 0 Å². The summed E-state index contributed by atoms with van der Waals surface area (Å²) < 4.78 is 24.2. The molecule has 1 fully saturated rings. The van der Waals surface area contributed by atoms with Crippen LogP contribution < -0.4 is 5.73 Å². The number of hydrogen-bond donors (Lipinski definition) is 1. The van der Waals surface area contributed by atoms with Crippen molar-refractivity contribution in [1.29, 1.82) is 0 Å². The van der Waals surface area contributed by atoms with Crippen LogP contribution in [0.4, 0.5) is 0 Å². The smallest absolute Gasteiger partial charge is 0.158 e. The molecule has 15 heavy (non-hydrogen) atoms. The van der Waals surface area contributed by atoms with Crippen LogP contribution in [0.2, 0.25) is 0 Å². The van der Waals surface area contributed by atoms with Gasteiger partial charge in [-0.2, -0.15) is 0 Å². The second kappa shape index (κ2) is 4.83. The Bertz CT molecular complexity index is 284. The van der Waals surface area contributed by atoms with Gasteiger partial charge < -0.3 is 5.73 Å². The van der Waals surface area contributed by atoms with Gasteiger partial charge in [-0.3, -0.25) is 0 Å². The van der Waals surface area contributed by atoms with Crippen molar-refractivity contribution in [2.24, 2.45) is 5.73 Å². The molecule has 0 spiro atoms. The zero-order valence-corrected chi connectivity index (χ0v) is 10.6. The fourth-order valence-electron chi connectivity index (χ4n) is 2.64. The molecule has 0 saturated heterocycles. The van der Waals surface area contributed by atoms with E-state index >= 15 is 0 Å². The fraction of sp³-hybridized carbons (Fsp3) is 1.00. The molecule has 0 aliphatic heterocycles. The maximum atomic E-state index is 12.3. The third-order valence-corrected chi connectivity index (χ3v) is 6.65. The first-order valence-corrected chi connectivity index (χ1v) is 7.44. The molecule has 1 aliphatic rings. The molecule has 0 radical (unpaired) electrons. The predicted molar refractivity (Wildman–Crippen MR) is 63.5 cm³/mol. The van der Waals surface area contributed by atoms with E-state index in [4.69, 9.17) is 5.73 Å². The molecule has 4 heteroatoms. The third kappa shape index (κ3) is 2.36. The van der Waals surface area contributed by atoms with Crippen molar-refractivity contribution in [3.05, 3.63) is 0 Å². The van der Waals surface area contributed by atoms with Gasteiger partial charge >= 0.3 is 0 Å². The van der Waals surface area contributed by atoms with Gasteiger partial charge in [0.2, 0.25) is 0 Å². The largest absolute Gasteiger partial charge is 0.330 e. The first kappa shape index (κ1) is 13.0. The highest BCUT2D eigenvalue weighted by Crippen LogP contribution is 2.39. The standard InChI is InChI=1S/C11H23NO2S/c1-10(2)15(13,14)11(8-9-12)6-4-3-5-7-11/h10H,3-9,12H2,1-2H3. The Labute approximate surface area is 93.3 Å². The number of hydrogen-bond acceptors (Lipinski definition) is 3. The number of sulfone groups is 1. The van der Waals surface area contributed by atoms with Crippen LogP contribution >= 0.6 is 0 Å². The van der Waals surface area contributed by atoms with Gasteiger partial charge in [0.25, 0.3) is 0 Å². The highest BCUT2D eigenvalue weighted by atomic mass is 32.2. The van der Waals surface area contributed by atoms with Crippen molar-refractivity contribution in [2.45, 2.75) is 62.4 Å². The lowest BCUT2D eigenvalue weighted by Crippen LogP contribution is -2.45. The molecule has 0 aromatic rings. The van der Waals surface area contributed by atoms with Crippen LogP contribution in [0, 0.1) is 0 Å². The first-order valence-electron chi connectivity index (χ1n) is 5.90. The molecule has 0 aromatic heterocycles. The quantitative estimate of drug-likeness (QED) is 0.806. The molecule has 3 nitrogen and oxygen atoms in total. The lowest BCUT2D eigenvalue weighted by Gasteiger charge is -2.38. The van der Waals surface area contributed by atoms with E-state index in [1.807, 2.05) is 0 Å². The van der Waals surface area contributed by atoms with Gasteiger partial charge in [-0.25, -0.2) is 8.42 Å². The van der Waals surface area contributed by atoms with E-state index in [1.165, 1.54) is 6.42 Å². The summed E-state index contributed by atoms with van der Waals surface area (Å²) in [6.07, 6.45) is 5.49. The summed E-state index contributed by atoms with van der Waals surface area (Å²) in [5.74, 6) is 0. The first-order chi connectivity index (χ1) is 6.96. The predicted octanol–water partition coefficient (Wildman–Crippen LogP) is 1.86. The minimum absolute atomic E-state index is 0.276. The molecule has 0 atom stereocenters. The second-order valence-electron chi connectivity index (χ2n) is 4.88. The average Bonchev–Trinajstić information content (AvgIpc) is 2.19. The van der Waals surface area contributed by atoms with Crippen molar-refractivity contribution < 1.29 is 8.42 Å². The van der Waals surface area contributed by atoms with E-state index in [-0.39, 0.29) is 5.25 Å². The summed E-state index contributed by atoms with van der Waals surface area (Å²) >= 11 is 0. The molecule has 2 N–H and O–H groups in total. The molecule has 0 aromatic carbocycles. The minimum atomic E-state index is -3.00. The molecule has 0 heterocycles. The second-order valence-corrected chi connectivity index (χ2v) is 7.77. The van der Waals surface area contributed by atoms with Crippen molar-refractivity contribution >= 4 is 9.84 Å². The zero-order valence-electron chi connectivity index (χ0n) is 9.83. The monoisotopic (exact) mass is 233 g/mol. The molecule has 0 bridgehead atoms. The van der Waals surface area contributed by atoms with E-state index in [2.05, 4.69) is 0 Å². The average molecular weight is 233 g/mol.